The van der Waals surface area contributed by atoms with Crippen molar-refractivity contribution in [2.75, 3.05) is 18.9 Å². The molecule has 1 unspecified atom stereocenters. The first-order chi connectivity index (χ1) is 15.3. The molecule has 0 bridgehead atoms. The second-order valence-corrected chi connectivity index (χ2v) is 8.37. The fourth-order valence-electron chi connectivity index (χ4n) is 3.61. The third-order valence-electron chi connectivity index (χ3n) is 5.79. The van der Waals surface area contributed by atoms with E-state index in [9.17, 15) is 9.59 Å². The zero-order valence-electron chi connectivity index (χ0n) is 19.2. The minimum absolute atomic E-state index is 0.0975. The molecule has 0 spiro atoms. The summed E-state index contributed by atoms with van der Waals surface area (Å²) >= 11 is 0. The number of hydrogen-bond donors (Lipinski definition) is 3. The van der Waals surface area contributed by atoms with E-state index in [0.717, 1.165) is 32.8 Å². The van der Waals surface area contributed by atoms with Gasteiger partial charge in [0.15, 0.2) is 12.6 Å². The molecule has 0 aliphatic carbocycles. The first-order valence-corrected chi connectivity index (χ1v) is 10.9. The van der Waals surface area contributed by atoms with Crippen LogP contribution < -0.4 is 15.5 Å². The van der Waals surface area contributed by atoms with E-state index in [1.807, 2.05) is 107 Å². The molecule has 0 radical (unpaired) electrons. The lowest BCUT2D eigenvalue weighted by Gasteiger charge is -2.25. The Hall–Kier alpha value is -3.44. The number of rotatable bonds is 8. The highest BCUT2D eigenvalue weighted by molar-refractivity contribution is 5.92. The molecule has 2 atom stereocenters. The maximum Gasteiger partial charge on any atom is 0.279 e. The van der Waals surface area contributed by atoms with Crippen LogP contribution in [0.2, 0.25) is 0 Å². The van der Waals surface area contributed by atoms with Crippen LogP contribution in [0.5, 0.6) is 0 Å². The zero-order chi connectivity index (χ0) is 23.1. The van der Waals surface area contributed by atoms with Crippen LogP contribution in [0.1, 0.15) is 35.2 Å². The van der Waals surface area contributed by atoms with Gasteiger partial charge in [0.1, 0.15) is 0 Å². The molecule has 0 aliphatic heterocycles. The molecule has 3 aromatic rings. The predicted octanol–water partition coefficient (Wildman–Crippen LogP) is 3.05. The quantitative estimate of drug-likeness (QED) is 0.514. The summed E-state index contributed by atoms with van der Waals surface area (Å²) in [5.41, 5.74) is 4.95. The predicted molar refractivity (Wildman–Crippen MR) is 129 cm³/mol. The van der Waals surface area contributed by atoms with Crippen LogP contribution in [0.3, 0.4) is 0 Å². The van der Waals surface area contributed by atoms with Crippen LogP contribution in [0.25, 0.3) is 0 Å². The summed E-state index contributed by atoms with van der Waals surface area (Å²) in [5.74, 6) is -0.210. The Morgan fingerprint density at radius 2 is 1.44 bits per heavy atom. The molecule has 3 N–H and O–H groups in total. The number of quaternary nitrogens is 1. The van der Waals surface area contributed by atoms with Crippen molar-refractivity contribution in [3.05, 3.63) is 101 Å². The van der Waals surface area contributed by atoms with E-state index in [1.54, 1.807) is 0 Å². The number of likely N-dealkylation sites (N-methyl/N-ethyl adjacent to an activating group) is 1. The van der Waals surface area contributed by atoms with E-state index in [0.29, 0.717) is 0 Å². The smallest absolute Gasteiger partial charge is 0.279 e. The summed E-state index contributed by atoms with van der Waals surface area (Å²) in [6.45, 7) is 6.01. The second kappa shape index (κ2) is 10.7. The minimum atomic E-state index is -0.394. The monoisotopic (exact) mass is 430 g/mol. The van der Waals surface area contributed by atoms with Crippen molar-refractivity contribution in [2.24, 2.45) is 0 Å². The summed E-state index contributed by atoms with van der Waals surface area (Å²) in [6.07, 6.45) is 0. The van der Waals surface area contributed by atoms with Gasteiger partial charge in [-0.25, -0.2) is 0 Å². The van der Waals surface area contributed by atoms with Gasteiger partial charge in [-0.15, -0.1) is 0 Å². The molecular weight excluding hydrogens is 398 g/mol. The largest absolute Gasteiger partial charge is 0.340 e. The van der Waals surface area contributed by atoms with Gasteiger partial charge in [0, 0.05) is 5.69 Å². The Bertz CT molecular complexity index is 1010. The third kappa shape index (κ3) is 6.05. The lowest BCUT2D eigenvalue weighted by Crippen LogP contribution is -3.15. The standard InChI is InChI=1S/C27H31N3O2/c1-19-15-16-20(2)24(17-19)28-25(31)18-30(4)21(3)27(32)29-26(22-11-7-5-8-12-22)23-13-9-6-10-14-23/h5-17,21,26H,18H2,1-4H3,(H,28,31)(H,29,32)/p+1/t21-/m1/s1. The van der Waals surface area contributed by atoms with Crippen molar-refractivity contribution in [3.8, 4) is 0 Å². The van der Waals surface area contributed by atoms with Crippen LogP contribution in [-0.2, 0) is 9.59 Å². The van der Waals surface area contributed by atoms with Gasteiger partial charge in [-0.1, -0.05) is 72.8 Å². The average Bonchev–Trinajstić information content (AvgIpc) is 2.80. The first-order valence-electron chi connectivity index (χ1n) is 10.9. The Kier molecular flexibility index (Phi) is 7.79. The summed E-state index contributed by atoms with van der Waals surface area (Å²) in [7, 11) is 1.87. The normalized spacial score (nSPS) is 12.8. The second-order valence-electron chi connectivity index (χ2n) is 8.37. The van der Waals surface area contributed by atoms with Crippen molar-refractivity contribution in [2.45, 2.75) is 32.9 Å². The SMILES string of the molecule is Cc1ccc(C)c(NC(=O)C[NH+](C)[C@H](C)C(=O)NC(c2ccccc2)c2ccccc2)c1. The molecule has 32 heavy (non-hydrogen) atoms. The Labute approximate surface area is 190 Å². The molecule has 3 aromatic carbocycles. The molecule has 5 nitrogen and oxygen atoms in total. The number of hydrogen-bond acceptors (Lipinski definition) is 2. The summed E-state index contributed by atoms with van der Waals surface area (Å²) < 4.78 is 0. The molecular formula is C27H32N3O2+. The molecule has 0 heterocycles. The number of carbonyl (C=O) groups is 2. The number of anilines is 1. The molecule has 0 aliphatic rings. The van der Waals surface area contributed by atoms with Crippen molar-refractivity contribution < 1.29 is 14.5 Å². The van der Waals surface area contributed by atoms with Crippen LogP contribution in [0, 0.1) is 13.8 Å². The third-order valence-corrected chi connectivity index (χ3v) is 5.79. The molecule has 0 saturated carbocycles. The number of benzene rings is 3. The maximum atomic E-state index is 13.1. The molecule has 3 rings (SSSR count). The van der Waals surface area contributed by atoms with E-state index in [1.165, 1.54) is 0 Å². The lowest BCUT2D eigenvalue weighted by molar-refractivity contribution is -0.885. The van der Waals surface area contributed by atoms with Gasteiger partial charge in [-0.3, -0.25) is 9.59 Å². The van der Waals surface area contributed by atoms with Gasteiger partial charge in [-0.2, -0.15) is 0 Å². The minimum Gasteiger partial charge on any atom is -0.340 e. The highest BCUT2D eigenvalue weighted by Crippen LogP contribution is 2.21. The van der Waals surface area contributed by atoms with E-state index < -0.39 is 6.04 Å². The van der Waals surface area contributed by atoms with E-state index in [-0.39, 0.29) is 24.4 Å². The van der Waals surface area contributed by atoms with Gasteiger partial charge >= 0.3 is 0 Å². The molecule has 5 heteroatoms. The number of aryl methyl sites for hydroxylation is 2. The number of nitrogens with one attached hydrogen (secondary N) is 3. The maximum absolute atomic E-state index is 13.1. The van der Waals surface area contributed by atoms with E-state index >= 15 is 0 Å². The molecule has 0 saturated heterocycles. The fraction of sp³-hybridized carbons (Fsp3) is 0.259. The number of carbonyl (C=O) groups excluding carboxylic acids is 2. The highest BCUT2D eigenvalue weighted by Gasteiger charge is 2.27. The zero-order valence-corrected chi connectivity index (χ0v) is 19.2. The first kappa shape index (κ1) is 23.2. The molecule has 0 fully saturated rings. The van der Waals surface area contributed by atoms with Crippen molar-refractivity contribution in [1.29, 1.82) is 0 Å². The van der Waals surface area contributed by atoms with Crippen molar-refractivity contribution in [1.82, 2.24) is 5.32 Å². The van der Waals surface area contributed by atoms with Crippen LogP contribution in [0.15, 0.2) is 78.9 Å². The van der Waals surface area contributed by atoms with E-state index in [4.69, 9.17) is 0 Å². The highest BCUT2D eigenvalue weighted by atomic mass is 16.2. The van der Waals surface area contributed by atoms with Gasteiger partial charge in [0.05, 0.1) is 13.1 Å². The average molecular weight is 431 g/mol. The summed E-state index contributed by atoms with van der Waals surface area (Å²) in [4.78, 5) is 26.6. The van der Waals surface area contributed by atoms with Gasteiger partial charge < -0.3 is 15.5 Å². The van der Waals surface area contributed by atoms with Crippen LogP contribution >= 0.6 is 0 Å². The lowest BCUT2D eigenvalue weighted by atomic mass is 9.98. The molecule has 0 aromatic heterocycles. The molecule has 2 amide bonds. The topological polar surface area (TPSA) is 62.6 Å². The van der Waals surface area contributed by atoms with Gasteiger partial charge in [-0.05, 0) is 49.1 Å². The Balaban J connectivity index is 1.66. The van der Waals surface area contributed by atoms with E-state index in [2.05, 4.69) is 10.6 Å². The number of amides is 2. The van der Waals surface area contributed by atoms with Gasteiger partial charge in [0.25, 0.3) is 11.8 Å². The Morgan fingerprint density at radius 1 is 0.875 bits per heavy atom. The summed E-state index contributed by atoms with van der Waals surface area (Å²) in [6, 6.07) is 25.2. The van der Waals surface area contributed by atoms with Gasteiger partial charge in [0.2, 0.25) is 0 Å². The van der Waals surface area contributed by atoms with Crippen LogP contribution in [-0.4, -0.2) is 31.4 Å². The fourth-order valence-corrected chi connectivity index (χ4v) is 3.61. The van der Waals surface area contributed by atoms with Crippen molar-refractivity contribution >= 4 is 17.5 Å². The molecule has 166 valence electrons. The Morgan fingerprint density at radius 3 is 2.00 bits per heavy atom. The van der Waals surface area contributed by atoms with Crippen molar-refractivity contribution in [3.63, 3.8) is 0 Å². The summed E-state index contributed by atoms with van der Waals surface area (Å²) in [5, 5.41) is 6.16. The van der Waals surface area contributed by atoms with Crippen LogP contribution in [0.4, 0.5) is 5.69 Å².